The highest BCUT2D eigenvalue weighted by Gasteiger charge is 2.14. The van der Waals surface area contributed by atoms with Crippen molar-refractivity contribution in [3.8, 4) is 6.07 Å². The third-order valence-electron chi connectivity index (χ3n) is 4.15. The number of aryl methyl sites for hydroxylation is 1. The van der Waals surface area contributed by atoms with Crippen LogP contribution in [0.3, 0.4) is 0 Å². The third kappa shape index (κ3) is 4.66. The van der Waals surface area contributed by atoms with Crippen LogP contribution in [0.4, 0.5) is 4.39 Å². The van der Waals surface area contributed by atoms with E-state index in [2.05, 4.69) is 16.4 Å². The highest BCUT2D eigenvalue weighted by Crippen LogP contribution is 2.24. The van der Waals surface area contributed by atoms with Crippen LogP contribution in [-0.2, 0) is 11.3 Å². The summed E-state index contributed by atoms with van der Waals surface area (Å²) >= 11 is 1.34. The molecule has 1 amide bonds. The highest BCUT2D eigenvalue weighted by molar-refractivity contribution is 7.99. The number of nitrogens with zero attached hydrogens (tertiary/aromatic N) is 3. The molecule has 1 heterocycles. The molecule has 0 aliphatic rings. The summed E-state index contributed by atoms with van der Waals surface area (Å²) in [5.41, 5.74) is 2.64. The van der Waals surface area contributed by atoms with E-state index >= 15 is 0 Å². The van der Waals surface area contributed by atoms with Crippen molar-refractivity contribution in [2.75, 3.05) is 5.75 Å². The molecule has 0 unspecified atom stereocenters. The smallest absolute Gasteiger partial charge is 0.230 e. The second-order valence-electron chi connectivity index (χ2n) is 6.07. The predicted octanol–water partition coefficient (Wildman–Crippen LogP) is 4.06. The molecular weight excluding hydrogens is 363 g/mol. The van der Waals surface area contributed by atoms with Gasteiger partial charge in [0.05, 0.1) is 35.3 Å². The van der Waals surface area contributed by atoms with E-state index in [9.17, 15) is 9.18 Å². The number of nitriles is 1. The molecule has 0 radical (unpaired) electrons. The zero-order valence-electron chi connectivity index (χ0n) is 14.9. The molecule has 0 bridgehead atoms. The number of thioether (sulfide) groups is 1. The normalized spacial score (nSPS) is 11.9. The molecule has 7 heteroatoms. The Kier molecular flexibility index (Phi) is 6.09. The van der Waals surface area contributed by atoms with Crippen molar-refractivity contribution in [3.05, 3.63) is 59.9 Å². The summed E-state index contributed by atoms with van der Waals surface area (Å²) in [7, 11) is 0. The molecule has 0 aliphatic heterocycles. The molecule has 5 nitrogen and oxygen atoms in total. The van der Waals surface area contributed by atoms with E-state index in [4.69, 9.17) is 5.26 Å². The maximum absolute atomic E-state index is 13.0. The Hall–Kier alpha value is -2.85. The zero-order chi connectivity index (χ0) is 19.2. The molecule has 0 spiro atoms. The van der Waals surface area contributed by atoms with Crippen LogP contribution in [0, 0.1) is 17.1 Å². The summed E-state index contributed by atoms with van der Waals surface area (Å²) in [5, 5.41) is 12.5. The molecular formula is C20H19FN4OS. The lowest BCUT2D eigenvalue weighted by molar-refractivity contribution is -0.119. The molecule has 0 saturated carbocycles. The van der Waals surface area contributed by atoms with Gasteiger partial charge in [0.2, 0.25) is 5.91 Å². The van der Waals surface area contributed by atoms with Crippen LogP contribution < -0.4 is 5.32 Å². The topological polar surface area (TPSA) is 70.7 Å². The van der Waals surface area contributed by atoms with Crippen LogP contribution in [-0.4, -0.2) is 21.2 Å². The SMILES string of the molecule is C[C@H](NC(=O)CSc1nc2ccccc2n1CCC#N)c1ccc(F)cc1. The maximum atomic E-state index is 13.0. The molecule has 1 aromatic heterocycles. The third-order valence-corrected chi connectivity index (χ3v) is 5.12. The highest BCUT2D eigenvalue weighted by atomic mass is 32.2. The van der Waals surface area contributed by atoms with Gasteiger partial charge in [0.1, 0.15) is 5.82 Å². The molecule has 0 fully saturated rings. The standard InChI is InChI=1S/C20H19FN4OS/c1-14(15-7-9-16(21)10-8-15)23-19(26)13-27-20-24-17-5-2-3-6-18(17)25(20)12-4-11-22/h2-3,5-10,14H,4,12-13H2,1H3,(H,23,26)/t14-/m0/s1. The lowest BCUT2D eigenvalue weighted by Crippen LogP contribution is -2.28. The Morgan fingerprint density at radius 1 is 1.30 bits per heavy atom. The fourth-order valence-corrected chi connectivity index (χ4v) is 3.64. The maximum Gasteiger partial charge on any atom is 0.230 e. The summed E-state index contributed by atoms with van der Waals surface area (Å²) in [6.07, 6.45) is 0.377. The van der Waals surface area contributed by atoms with Gasteiger partial charge in [-0.3, -0.25) is 4.79 Å². The lowest BCUT2D eigenvalue weighted by Gasteiger charge is -2.14. The van der Waals surface area contributed by atoms with E-state index in [1.54, 1.807) is 12.1 Å². The van der Waals surface area contributed by atoms with Gasteiger partial charge < -0.3 is 9.88 Å². The number of benzene rings is 2. The zero-order valence-corrected chi connectivity index (χ0v) is 15.7. The van der Waals surface area contributed by atoms with Gasteiger partial charge in [0, 0.05) is 6.54 Å². The van der Waals surface area contributed by atoms with Crippen molar-refractivity contribution in [2.45, 2.75) is 31.1 Å². The van der Waals surface area contributed by atoms with Gasteiger partial charge in [0.15, 0.2) is 5.16 Å². The number of rotatable bonds is 7. The fourth-order valence-electron chi connectivity index (χ4n) is 2.79. The van der Waals surface area contributed by atoms with Gasteiger partial charge >= 0.3 is 0 Å². The number of imidazole rings is 1. The van der Waals surface area contributed by atoms with Crippen molar-refractivity contribution in [2.24, 2.45) is 0 Å². The van der Waals surface area contributed by atoms with Gasteiger partial charge in [-0.15, -0.1) is 0 Å². The number of amides is 1. The molecule has 0 aliphatic carbocycles. The van der Waals surface area contributed by atoms with E-state index in [-0.39, 0.29) is 23.5 Å². The van der Waals surface area contributed by atoms with Crippen molar-refractivity contribution >= 4 is 28.7 Å². The second kappa shape index (κ2) is 8.69. The first kappa shape index (κ1) is 18.9. The number of nitrogens with one attached hydrogen (secondary N) is 1. The minimum absolute atomic E-state index is 0.129. The lowest BCUT2D eigenvalue weighted by atomic mass is 10.1. The number of halogens is 1. The summed E-state index contributed by atoms with van der Waals surface area (Å²) in [6.45, 7) is 2.39. The Balaban J connectivity index is 1.66. The first-order valence-corrected chi connectivity index (χ1v) is 9.57. The summed E-state index contributed by atoms with van der Waals surface area (Å²) in [4.78, 5) is 16.9. The molecule has 27 heavy (non-hydrogen) atoms. The molecule has 3 aromatic rings. The Bertz CT molecular complexity index is 978. The quantitative estimate of drug-likeness (QED) is 0.626. The van der Waals surface area contributed by atoms with Crippen LogP contribution in [0.1, 0.15) is 24.9 Å². The molecule has 138 valence electrons. The molecule has 1 atom stereocenters. The number of para-hydroxylation sites is 2. The Labute approximate surface area is 161 Å². The van der Waals surface area contributed by atoms with Gasteiger partial charge in [-0.05, 0) is 36.8 Å². The van der Waals surface area contributed by atoms with Gasteiger partial charge in [-0.2, -0.15) is 5.26 Å². The summed E-state index contributed by atoms with van der Waals surface area (Å²) in [6, 6.07) is 15.7. The number of aromatic nitrogens is 2. The Morgan fingerprint density at radius 3 is 2.78 bits per heavy atom. The average molecular weight is 382 g/mol. The molecule has 1 N–H and O–H groups in total. The first-order valence-electron chi connectivity index (χ1n) is 8.58. The van der Waals surface area contributed by atoms with Crippen LogP contribution in [0.5, 0.6) is 0 Å². The number of carbonyl (C=O) groups is 1. The van der Waals surface area contributed by atoms with Crippen molar-refractivity contribution in [1.82, 2.24) is 14.9 Å². The number of hydrogen-bond acceptors (Lipinski definition) is 4. The van der Waals surface area contributed by atoms with Gasteiger partial charge in [-0.1, -0.05) is 36.0 Å². The molecule has 2 aromatic carbocycles. The van der Waals surface area contributed by atoms with E-state index < -0.39 is 0 Å². The minimum Gasteiger partial charge on any atom is -0.349 e. The van der Waals surface area contributed by atoms with Crippen molar-refractivity contribution in [1.29, 1.82) is 5.26 Å². The van der Waals surface area contributed by atoms with Crippen LogP contribution in [0.15, 0.2) is 53.7 Å². The largest absolute Gasteiger partial charge is 0.349 e. The van der Waals surface area contributed by atoms with E-state index in [0.717, 1.165) is 21.8 Å². The van der Waals surface area contributed by atoms with Gasteiger partial charge in [-0.25, -0.2) is 9.37 Å². The minimum atomic E-state index is -0.302. The average Bonchev–Trinajstić information content (AvgIpc) is 3.02. The summed E-state index contributed by atoms with van der Waals surface area (Å²) < 4.78 is 15.0. The number of hydrogen-bond donors (Lipinski definition) is 1. The van der Waals surface area contributed by atoms with E-state index in [1.807, 2.05) is 35.8 Å². The molecule has 3 rings (SSSR count). The number of carbonyl (C=O) groups excluding carboxylic acids is 1. The van der Waals surface area contributed by atoms with E-state index in [1.165, 1.54) is 23.9 Å². The van der Waals surface area contributed by atoms with E-state index in [0.29, 0.717) is 13.0 Å². The fraction of sp³-hybridized carbons (Fsp3) is 0.250. The van der Waals surface area contributed by atoms with Crippen LogP contribution in [0.25, 0.3) is 11.0 Å². The summed E-state index contributed by atoms with van der Waals surface area (Å²) in [5.74, 6) is -0.221. The monoisotopic (exact) mass is 382 g/mol. The Morgan fingerprint density at radius 2 is 2.04 bits per heavy atom. The van der Waals surface area contributed by atoms with Gasteiger partial charge in [0.25, 0.3) is 0 Å². The first-order chi connectivity index (χ1) is 13.1. The predicted molar refractivity (Wildman–Crippen MR) is 104 cm³/mol. The number of fused-ring (bicyclic) bond motifs is 1. The van der Waals surface area contributed by atoms with Crippen LogP contribution in [0.2, 0.25) is 0 Å². The molecule has 0 saturated heterocycles. The van der Waals surface area contributed by atoms with Crippen LogP contribution >= 0.6 is 11.8 Å². The van der Waals surface area contributed by atoms with Crippen molar-refractivity contribution < 1.29 is 9.18 Å². The van der Waals surface area contributed by atoms with Crippen molar-refractivity contribution in [3.63, 3.8) is 0 Å². The second-order valence-corrected chi connectivity index (χ2v) is 7.01.